The van der Waals surface area contributed by atoms with E-state index in [0.29, 0.717) is 30.9 Å². The molecule has 6 nitrogen and oxygen atoms in total. The molecule has 2 N–H and O–H groups in total. The topological polar surface area (TPSA) is 79.8 Å². The average Bonchev–Trinajstić information content (AvgIpc) is 2.69. The van der Waals surface area contributed by atoms with E-state index in [4.69, 9.17) is 0 Å². The summed E-state index contributed by atoms with van der Waals surface area (Å²) in [7, 11) is 0. The fourth-order valence-corrected chi connectivity index (χ4v) is 2.38. The number of aromatic nitrogens is 3. The predicted octanol–water partition coefficient (Wildman–Crippen LogP) is 2.60. The Kier molecular flexibility index (Phi) is 5.82. The molecule has 1 amide bonds. The van der Waals surface area contributed by atoms with Crippen LogP contribution in [0.1, 0.15) is 21.6 Å². The van der Waals surface area contributed by atoms with E-state index in [-0.39, 0.29) is 17.4 Å². The summed E-state index contributed by atoms with van der Waals surface area (Å²) in [4.78, 5) is 24.2. The smallest absolute Gasteiger partial charge is 0.270 e. The summed E-state index contributed by atoms with van der Waals surface area (Å²) in [6.45, 7) is 0.886. The van der Waals surface area contributed by atoms with E-state index < -0.39 is 0 Å². The van der Waals surface area contributed by atoms with E-state index in [1.807, 2.05) is 12.1 Å². The highest BCUT2D eigenvalue weighted by Gasteiger charge is 2.09. The normalized spacial score (nSPS) is 10.3. The quantitative estimate of drug-likeness (QED) is 0.684. The lowest BCUT2D eigenvalue weighted by molar-refractivity contribution is 0.0946. The third kappa shape index (κ3) is 4.83. The number of carbonyl (C=O) groups is 1. The maximum Gasteiger partial charge on any atom is 0.270 e. The molecule has 3 rings (SSSR count). The molecule has 0 aliphatic heterocycles. The fraction of sp³-hybridized carbons (Fsp3) is 0.158. The molecule has 0 bridgehead atoms. The van der Waals surface area contributed by atoms with Gasteiger partial charge < -0.3 is 10.6 Å². The summed E-state index contributed by atoms with van der Waals surface area (Å²) < 4.78 is 13.6. The molecule has 0 aliphatic rings. The lowest BCUT2D eigenvalue weighted by Crippen LogP contribution is -2.24. The van der Waals surface area contributed by atoms with Gasteiger partial charge in [-0.1, -0.05) is 18.2 Å². The molecule has 132 valence electrons. The Labute approximate surface area is 150 Å². The predicted molar refractivity (Wildman–Crippen MR) is 96.0 cm³/mol. The van der Waals surface area contributed by atoms with Gasteiger partial charge in [0.15, 0.2) is 0 Å². The van der Waals surface area contributed by atoms with Crippen LogP contribution in [-0.2, 0) is 13.0 Å². The number of benzene rings is 1. The summed E-state index contributed by atoms with van der Waals surface area (Å²) in [5.74, 6) is -0.0000623. The molecule has 7 heteroatoms. The van der Waals surface area contributed by atoms with E-state index in [0.717, 1.165) is 5.56 Å². The zero-order valence-corrected chi connectivity index (χ0v) is 14.0. The Morgan fingerprint density at radius 2 is 1.88 bits per heavy atom. The molecule has 0 spiro atoms. The minimum absolute atomic E-state index is 0.229. The lowest BCUT2D eigenvalue weighted by atomic mass is 10.1. The number of hydrogen-bond acceptors (Lipinski definition) is 5. The van der Waals surface area contributed by atoms with Crippen LogP contribution >= 0.6 is 0 Å². The number of nitrogens with one attached hydrogen (secondary N) is 2. The second kappa shape index (κ2) is 8.66. The van der Waals surface area contributed by atoms with Crippen molar-refractivity contribution in [2.45, 2.75) is 13.0 Å². The van der Waals surface area contributed by atoms with Crippen LogP contribution in [0.15, 0.2) is 61.2 Å². The van der Waals surface area contributed by atoms with Crippen molar-refractivity contribution in [3.63, 3.8) is 0 Å². The van der Waals surface area contributed by atoms with Crippen molar-refractivity contribution in [1.29, 1.82) is 0 Å². The number of pyridine rings is 1. The van der Waals surface area contributed by atoms with Gasteiger partial charge in [-0.15, -0.1) is 0 Å². The summed E-state index contributed by atoms with van der Waals surface area (Å²) in [5.41, 5.74) is 1.84. The van der Waals surface area contributed by atoms with Gasteiger partial charge in [0, 0.05) is 31.5 Å². The second-order valence-electron chi connectivity index (χ2n) is 5.59. The van der Waals surface area contributed by atoms with Gasteiger partial charge in [-0.2, -0.15) is 0 Å². The summed E-state index contributed by atoms with van der Waals surface area (Å²) >= 11 is 0. The van der Waals surface area contributed by atoms with Crippen molar-refractivity contribution in [1.82, 2.24) is 20.3 Å². The molecule has 3 aromatic rings. The first-order valence-electron chi connectivity index (χ1n) is 8.19. The minimum Gasteiger partial charge on any atom is -0.370 e. The van der Waals surface area contributed by atoms with Gasteiger partial charge in [-0.05, 0) is 35.7 Å². The van der Waals surface area contributed by atoms with Crippen molar-refractivity contribution in [3.8, 4) is 0 Å². The summed E-state index contributed by atoms with van der Waals surface area (Å²) in [6, 6.07) is 11.9. The van der Waals surface area contributed by atoms with Gasteiger partial charge in [0.25, 0.3) is 5.91 Å². The zero-order valence-electron chi connectivity index (χ0n) is 14.0. The SMILES string of the molecule is O=C(NCc1ccncc1)c1cc(NCCc2ccccc2F)ncn1. The number of hydrogen-bond donors (Lipinski definition) is 2. The van der Waals surface area contributed by atoms with Crippen LogP contribution in [0.5, 0.6) is 0 Å². The molecule has 0 saturated heterocycles. The molecule has 0 saturated carbocycles. The van der Waals surface area contributed by atoms with Crippen LogP contribution in [-0.4, -0.2) is 27.4 Å². The van der Waals surface area contributed by atoms with Crippen molar-refractivity contribution in [2.24, 2.45) is 0 Å². The molecule has 26 heavy (non-hydrogen) atoms. The molecule has 0 atom stereocenters. The first-order chi connectivity index (χ1) is 12.7. The molecule has 1 aromatic carbocycles. The Hall–Kier alpha value is -3.35. The molecular weight excluding hydrogens is 333 g/mol. The van der Waals surface area contributed by atoms with Crippen LogP contribution < -0.4 is 10.6 Å². The Morgan fingerprint density at radius 3 is 2.69 bits per heavy atom. The van der Waals surface area contributed by atoms with Gasteiger partial charge in [-0.3, -0.25) is 9.78 Å². The van der Waals surface area contributed by atoms with Crippen LogP contribution in [0, 0.1) is 5.82 Å². The highest BCUT2D eigenvalue weighted by atomic mass is 19.1. The fourth-order valence-electron chi connectivity index (χ4n) is 2.38. The van der Waals surface area contributed by atoms with E-state index in [1.165, 1.54) is 12.4 Å². The number of carbonyl (C=O) groups excluding carboxylic acids is 1. The van der Waals surface area contributed by atoms with Gasteiger partial charge >= 0.3 is 0 Å². The van der Waals surface area contributed by atoms with Crippen molar-refractivity contribution in [2.75, 3.05) is 11.9 Å². The van der Waals surface area contributed by atoms with Crippen molar-refractivity contribution < 1.29 is 9.18 Å². The number of nitrogens with zero attached hydrogens (tertiary/aromatic N) is 3. The molecule has 0 radical (unpaired) electrons. The monoisotopic (exact) mass is 351 g/mol. The summed E-state index contributed by atoms with van der Waals surface area (Å²) in [6.07, 6.45) is 5.18. The summed E-state index contributed by atoms with van der Waals surface area (Å²) in [5, 5.41) is 5.88. The van der Waals surface area contributed by atoms with E-state index in [1.54, 1.807) is 36.7 Å². The highest BCUT2D eigenvalue weighted by Crippen LogP contribution is 2.09. The third-order valence-electron chi connectivity index (χ3n) is 3.76. The first kappa shape index (κ1) is 17.5. The largest absolute Gasteiger partial charge is 0.370 e. The van der Waals surface area contributed by atoms with E-state index >= 15 is 0 Å². The van der Waals surface area contributed by atoms with Gasteiger partial charge in [0.2, 0.25) is 0 Å². The Morgan fingerprint density at radius 1 is 1.08 bits per heavy atom. The molecular formula is C19H18FN5O. The maximum absolute atomic E-state index is 13.6. The van der Waals surface area contributed by atoms with Crippen molar-refractivity contribution in [3.05, 3.63) is 83.8 Å². The van der Waals surface area contributed by atoms with E-state index in [9.17, 15) is 9.18 Å². The number of anilines is 1. The van der Waals surface area contributed by atoms with Crippen molar-refractivity contribution >= 4 is 11.7 Å². The third-order valence-corrected chi connectivity index (χ3v) is 3.76. The number of amides is 1. The molecule has 0 aliphatic carbocycles. The van der Waals surface area contributed by atoms with Gasteiger partial charge in [-0.25, -0.2) is 14.4 Å². The van der Waals surface area contributed by atoms with Crippen LogP contribution in [0.25, 0.3) is 0 Å². The Balaban J connectivity index is 1.54. The molecule has 0 unspecified atom stereocenters. The standard InChI is InChI=1S/C19H18FN5O/c20-16-4-2-1-3-15(16)7-10-22-18-11-17(24-13-25-18)19(26)23-12-14-5-8-21-9-6-14/h1-6,8-9,11,13H,7,10,12H2,(H,23,26)(H,22,24,25). The molecule has 0 fully saturated rings. The van der Waals surface area contributed by atoms with E-state index in [2.05, 4.69) is 25.6 Å². The number of rotatable bonds is 7. The second-order valence-corrected chi connectivity index (χ2v) is 5.59. The number of halogens is 1. The zero-order chi connectivity index (χ0) is 18.2. The lowest BCUT2D eigenvalue weighted by Gasteiger charge is -2.08. The molecule has 2 heterocycles. The minimum atomic E-state index is -0.290. The van der Waals surface area contributed by atoms with Gasteiger partial charge in [0.1, 0.15) is 23.7 Å². The van der Waals surface area contributed by atoms with Crippen LogP contribution in [0.3, 0.4) is 0 Å². The van der Waals surface area contributed by atoms with Crippen LogP contribution in [0.4, 0.5) is 10.2 Å². The van der Waals surface area contributed by atoms with Crippen LogP contribution in [0.2, 0.25) is 0 Å². The Bertz CT molecular complexity index is 873. The van der Waals surface area contributed by atoms with Gasteiger partial charge in [0.05, 0.1) is 0 Å². The average molecular weight is 351 g/mol. The maximum atomic E-state index is 13.6. The first-order valence-corrected chi connectivity index (χ1v) is 8.19. The molecule has 2 aromatic heterocycles. The highest BCUT2D eigenvalue weighted by molar-refractivity contribution is 5.92.